The third kappa shape index (κ3) is 5.17. The molecular formula is C15H22N2O2S. The van der Waals surface area contributed by atoms with Crippen LogP contribution in [0.25, 0.3) is 0 Å². The van der Waals surface area contributed by atoms with Crippen molar-refractivity contribution >= 4 is 23.1 Å². The second-order valence-electron chi connectivity index (χ2n) is 4.85. The fourth-order valence-electron chi connectivity index (χ4n) is 1.86. The number of nitrogens with zero attached hydrogens (tertiary/aromatic N) is 1. The highest BCUT2D eigenvalue weighted by Gasteiger charge is 2.10. The smallest absolute Gasteiger partial charge is 0.225 e. The van der Waals surface area contributed by atoms with Crippen molar-refractivity contribution in [3.63, 3.8) is 0 Å². The van der Waals surface area contributed by atoms with E-state index in [2.05, 4.69) is 0 Å². The maximum Gasteiger partial charge on any atom is 0.225 e. The summed E-state index contributed by atoms with van der Waals surface area (Å²) in [5.74, 6) is 0.901. The molecule has 0 radical (unpaired) electrons. The van der Waals surface area contributed by atoms with Crippen molar-refractivity contribution in [1.29, 1.82) is 0 Å². The van der Waals surface area contributed by atoms with Crippen LogP contribution in [-0.2, 0) is 4.79 Å². The molecule has 0 aromatic heterocycles. The number of aryl methyl sites for hydroxylation is 2. The van der Waals surface area contributed by atoms with Gasteiger partial charge >= 0.3 is 0 Å². The van der Waals surface area contributed by atoms with E-state index in [1.165, 1.54) is 0 Å². The summed E-state index contributed by atoms with van der Waals surface area (Å²) in [6.45, 7) is 4.93. The van der Waals surface area contributed by atoms with Crippen molar-refractivity contribution < 1.29 is 9.53 Å². The van der Waals surface area contributed by atoms with Gasteiger partial charge in [-0.05, 0) is 25.0 Å². The Morgan fingerprint density at radius 1 is 1.30 bits per heavy atom. The molecule has 0 aliphatic carbocycles. The first-order chi connectivity index (χ1) is 9.41. The van der Waals surface area contributed by atoms with E-state index in [9.17, 15) is 4.79 Å². The molecule has 0 heterocycles. The van der Waals surface area contributed by atoms with Crippen molar-refractivity contribution in [3.8, 4) is 5.75 Å². The van der Waals surface area contributed by atoms with Gasteiger partial charge in [-0.25, -0.2) is 0 Å². The predicted octanol–water partition coefficient (Wildman–Crippen LogP) is 2.21. The topological polar surface area (TPSA) is 55.6 Å². The number of ether oxygens (including phenoxy) is 1. The maximum atomic E-state index is 11.9. The lowest BCUT2D eigenvalue weighted by molar-refractivity contribution is -0.130. The standard InChI is InChI=1S/C15H22N2O2S/c1-11-5-4-6-12(2)15(11)19-10-8-14(18)17(3)9-7-13(16)20/h4-6H,7-10H2,1-3H3,(H2,16,20). The van der Waals surface area contributed by atoms with E-state index >= 15 is 0 Å². The summed E-state index contributed by atoms with van der Waals surface area (Å²) < 4.78 is 5.72. The Labute approximate surface area is 125 Å². The molecule has 0 spiro atoms. The van der Waals surface area contributed by atoms with Gasteiger partial charge in [-0.2, -0.15) is 0 Å². The fraction of sp³-hybridized carbons (Fsp3) is 0.467. The second kappa shape index (κ2) is 7.85. The third-order valence-corrected chi connectivity index (χ3v) is 3.29. The van der Waals surface area contributed by atoms with Gasteiger partial charge in [0.05, 0.1) is 18.0 Å². The Hall–Kier alpha value is -1.62. The number of carbonyl (C=O) groups is 1. The highest BCUT2D eigenvalue weighted by atomic mass is 32.1. The molecule has 2 N–H and O–H groups in total. The van der Waals surface area contributed by atoms with E-state index in [0.29, 0.717) is 31.0 Å². The van der Waals surface area contributed by atoms with Crippen LogP contribution >= 0.6 is 12.2 Å². The number of para-hydroxylation sites is 1. The first kappa shape index (κ1) is 16.4. The Morgan fingerprint density at radius 2 is 1.90 bits per heavy atom. The van der Waals surface area contributed by atoms with Gasteiger partial charge in [0.15, 0.2) is 0 Å². The van der Waals surface area contributed by atoms with Crippen LogP contribution in [0.15, 0.2) is 18.2 Å². The maximum absolute atomic E-state index is 11.9. The molecule has 0 aliphatic heterocycles. The molecule has 0 saturated carbocycles. The molecule has 0 unspecified atom stereocenters. The highest BCUT2D eigenvalue weighted by Crippen LogP contribution is 2.22. The average Bonchev–Trinajstić information content (AvgIpc) is 2.39. The first-order valence-electron chi connectivity index (χ1n) is 6.63. The molecule has 20 heavy (non-hydrogen) atoms. The monoisotopic (exact) mass is 294 g/mol. The number of rotatable bonds is 7. The minimum absolute atomic E-state index is 0.0347. The molecule has 110 valence electrons. The van der Waals surface area contributed by atoms with E-state index in [-0.39, 0.29) is 5.91 Å². The number of amides is 1. The van der Waals surface area contributed by atoms with Crippen LogP contribution in [-0.4, -0.2) is 36.0 Å². The van der Waals surface area contributed by atoms with Crippen molar-refractivity contribution in [2.24, 2.45) is 5.73 Å². The quantitative estimate of drug-likeness (QED) is 0.783. The molecule has 0 fully saturated rings. The van der Waals surface area contributed by atoms with Crippen LogP contribution < -0.4 is 10.5 Å². The van der Waals surface area contributed by atoms with Crippen molar-refractivity contribution in [2.45, 2.75) is 26.7 Å². The normalized spacial score (nSPS) is 10.2. The lowest BCUT2D eigenvalue weighted by atomic mass is 10.1. The summed E-state index contributed by atoms with van der Waals surface area (Å²) in [5, 5.41) is 0. The van der Waals surface area contributed by atoms with Crippen LogP contribution in [0.4, 0.5) is 0 Å². The van der Waals surface area contributed by atoms with Gasteiger partial charge in [0, 0.05) is 20.0 Å². The van der Waals surface area contributed by atoms with Gasteiger partial charge < -0.3 is 15.4 Å². The minimum Gasteiger partial charge on any atom is -0.493 e. The van der Waals surface area contributed by atoms with Crippen LogP contribution in [0.3, 0.4) is 0 Å². The largest absolute Gasteiger partial charge is 0.493 e. The summed E-state index contributed by atoms with van der Waals surface area (Å²) in [6, 6.07) is 5.99. The Balaban J connectivity index is 2.40. The predicted molar refractivity (Wildman–Crippen MR) is 85.1 cm³/mol. The van der Waals surface area contributed by atoms with Gasteiger partial charge in [-0.1, -0.05) is 30.4 Å². The zero-order chi connectivity index (χ0) is 15.1. The van der Waals surface area contributed by atoms with Crippen molar-refractivity contribution in [3.05, 3.63) is 29.3 Å². The van der Waals surface area contributed by atoms with Crippen molar-refractivity contribution in [2.75, 3.05) is 20.2 Å². The zero-order valence-electron chi connectivity index (χ0n) is 12.3. The van der Waals surface area contributed by atoms with Gasteiger partial charge in [-0.15, -0.1) is 0 Å². The second-order valence-corrected chi connectivity index (χ2v) is 5.38. The molecule has 4 nitrogen and oxygen atoms in total. The Morgan fingerprint density at radius 3 is 2.45 bits per heavy atom. The van der Waals surface area contributed by atoms with E-state index in [4.69, 9.17) is 22.7 Å². The van der Waals surface area contributed by atoms with Gasteiger partial charge in [0.2, 0.25) is 5.91 Å². The zero-order valence-corrected chi connectivity index (χ0v) is 13.1. The number of benzene rings is 1. The van der Waals surface area contributed by atoms with Crippen molar-refractivity contribution in [1.82, 2.24) is 4.90 Å². The molecule has 5 heteroatoms. The summed E-state index contributed by atoms with van der Waals surface area (Å²) in [6.07, 6.45) is 0.900. The van der Waals surface area contributed by atoms with Gasteiger partial charge in [0.1, 0.15) is 5.75 Å². The Kier molecular flexibility index (Phi) is 6.45. The lowest BCUT2D eigenvalue weighted by Gasteiger charge is -2.17. The summed E-state index contributed by atoms with van der Waals surface area (Å²) in [5.41, 5.74) is 7.58. The average molecular weight is 294 g/mol. The summed E-state index contributed by atoms with van der Waals surface area (Å²) in [4.78, 5) is 13.9. The van der Waals surface area contributed by atoms with E-state index in [0.717, 1.165) is 16.9 Å². The molecule has 0 bridgehead atoms. The fourth-order valence-corrected chi connectivity index (χ4v) is 1.95. The number of nitrogens with two attached hydrogens (primary N) is 1. The number of carbonyl (C=O) groups excluding carboxylic acids is 1. The first-order valence-corrected chi connectivity index (χ1v) is 7.04. The van der Waals surface area contributed by atoms with E-state index < -0.39 is 0 Å². The van der Waals surface area contributed by atoms with E-state index in [1.54, 1.807) is 11.9 Å². The molecule has 1 rings (SSSR count). The lowest BCUT2D eigenvalue weighted by Crippen LogP contribution is -2.31. The molecular weight excluding hydrogens is 272 g/mol. The van der Waals surface area contributed by atoms with Gasteiger partial charge in [0.25, 0.3) is 0 Å². The van der Waals surface area contributed by atoms with Crippen LogP contribution in [0.1, 0.15) is 24.0 Å². The van der Waals surface area contributed by atoms with Crippen LogP contribution in [0, 0.1) is 13.8 Å². The molecule has 0 saturated heterocycles. The SMILES string of the molecule is Cc1cccc(C)c1OCCC(=O)N(C)CCC(N)=S. The third-order valence-electron chi connectivity index (χ3n) is 3.09. The Bertz CT molecular complexity index is 469. The molecule has 0 atom stereocenters. The van der Waals surface area contributed by atoms with Gasteiger partial charge in [-0.3, -0.25) is 4.79 Å². The van der Waals surface area contributed by atoms with Crippen LogP contribution in [0.5, 0.6) is 5.75 Å². The van der Waals surface area contributed by atoms with E-state index in [1.807, 2.05) is 32.0 Å². The number of hydrogen-bond acceptors (Lipinski definition) is 3. The number of thiocarbonyl (C=S) groups is 1. The molecule has 1 amide bonds. The molecule has 0 aliphatic rings. The minimum atomic E-state index is 0.0347. The molecule has 1 aromatic carbocycles. The van der Waals surface area contributed by atoms with Crippen LogP contribution in [0.2, 0.25) is 0 Å². The summed E-state index contributed by atoms with van der Waals surface area (Å²) in [7, 11) is 1.75. The summed E-state index contributed by atoms with van der Waals surface area (Å²) >= 11 is 4.80. The highest BCUT2D eigenvalue weighted by molar-refractivity contribution is 7.80. The molecule has 1 aromatic rings. The number of hydrogen-bond donors (Lipinski definition) is 1.